The predicted octanol–water partition coefficient (Wildman–Crippen LogP) is 6.01. The second-order valence-corrected chi connectivity index (χ2v) is 11.2. The number of hydrogen-bond donors (Lipinski definition) is 1. The molecule has 2 aromatic carbocycles. The van der Waals surface area contributed by atoms with Gasteiger partial charge in [-0.15, -0.1) is 0 Å². The maximum Gasteiger partial charge on any atom is 0.337 e. The molecule has 4 aliphatic rings. The standard InChI is InChI=1S/C30H31NO3/c1-17-23(28(33)34-22-16-19-14-15-30(22,4)29(19,2)3)24(18-10-6-5-7-11-18)25-26(31-17)20-12-8-9-13-21(20)27(25)32/h5-13,19,22,24,31H,14-16H2,1-4H3/t19-,22-,24+,30-/m1/s1. The monoisotopic (exact) mass is 453 g/mol. The normalized spacial score (nSPS) is 30.8. The quantitative estimate of drug-likeness (QED) is 0.578. The molecule has 4 nitrogen and oxygen atoms in total. The average molecular weight is 454 g/mol. The van der Waals surface area contributed by atoms with Crippen LogP contribution in [0.2, 0.25) is 0 Å². The van der Waals surface area contributed by atoms with Gasteiger partial charge in [-0.1, -0.05) is 75.4 Å². The molecule has 4 atom stereocenters. The Morgan fingerprint density at radius 2 is 1.68 bits per heavy atom. The number of rotatable bonds is 3. The van der Waals surface area contributed by atoms with Crippen molar-refractivity contribution in [3.05, 3.63) is 88.1 Å². The van der Waals surface area contributed by atoms with Crippen molar-refractivity contribution in [1.29, 1.82) is 0 Å². The molecule has 1 N–H and O–H groups in total. The number of Topliss-reactive ketones (excluding diaryl/α,β-unsaturated/α-hetero) is 1. The van der Waals surface area contributed by atoms with Crippen LogP contribution in [0.25, 0.3) is 5.70 Å². The number of fused-ring (bicyclic) bond motifs is 4. The van der Waals surface area contributed by atoms with Crippen LogP contribution in [-0.4, -0.2) is 17.9 Å². The maximum absolute atomic E-state index is 13.9. The molecule has 2 bridgehead atoms. The Hall–Kier alpha value is -3.14. The lowest BCUT2D eigenvalue weighted by molar-refractivity contribution is -0.152. The van der Waals surface area contributed by atoms with Gasteiger partial charge in [-0.25, -0.2) is 4.79 Å². The van der Waals surface area contributed by atoms with E-state index in [-0.39, 0.29) is 28.7 Å². The fourth-order valence-electron chi connectivity index (χ4n) is 7.08. The first-order chi connectivity index (χ1) is 16.2. The molecular weight excluding hydrogens is 422 g/mol. The Morgan fingerprint density at radius 1 is 1.00 bits per heavy atom. The number of dihydropyridines is 1. The number of ketones is 1. The minimum atomic E-state index is -0.454. The number of nitrogens with one attached hydrogen (secondary N) is 1. The summed E-state index contributed by atoms with van der Waals surface area (Å²) in [6.45, 7) is 8.85. The first-order valence-electron chi connectivity index (χ1n) is 12.4. The van der Waals surface area contributed by atoms with E-state index in [1.165, 1.54) is 6.42 Å². The molecule has 0 aromatic heterocycles. The Bertz CT molecular complexity index is 1290. The maximum atomic E-state index is 13.9. The van der Waals surface area contributed by atoms with Crippen molar-refractivity contribution in [2.24, 2.45) is 16.7 Å². The summed E-state index contributed by atoms with van der Waals surface area (Å²) < 4.78 is 6.34. The summed E-state index contributed by atoms with van der Waals surface area (Å²) in [6, 6.07) is 17.5. The zero-order chi connectivity index (χ0) is 23.8. The highest BCUT2D eigenvalue weighted by molar-refractivity contribution is 6.23. The number of carbonyl (C=O) groups excluding carboxylic acids is 2. The van der Waals surface area contributed by atoms with Crippen LogP contribution in [0.4, 0.5) is 0 Å². The highest BCUT2D eigenvalue weighted by Crippen LogP contribution is 2.66. The van der Waals surface area contributed by atoms with E-state index in [9.17, 15) is 9.59 Å². The molecular formula is C30H31NO3. The summed E-state index contributed by atoms with van der Waals surface area (Å²) in [5.41, 5.74) is 5.43. The summed E-state index contributed by atoms with van der Waals surface area (Å²) >= 11 is 0. The van der Waals surface area contributed by atoms with Gasteiger partial charge in [0.1, 0.15) is 6.10 Å². The number of benzene rings is 2. The van der Waals surface area contributed by atoms with Crippen LogP contribution >= 0.6 is 0 Å². The first kappa shape index (κ1) is 21.4. The molecule has 1 heterocycles. The fraction of sp³-hybridized carbons (Fsp3) is 0.400. The van der Waals surface area contributed by atoms with E-state index in [0.717, 1.165) is 35.4 Å². The lowest BCUT2D eigenvalue weighted by Crippen LogP contribution is -2.39. The van der Waals surface area contributed by atoms with E-state index in [1.54, 1.807) is 0 Å². The first-order valence-corrected chi connectivity index (χ1v) is 12.4. The van der Waals surface area contributed by atoms with Gasteiger partial charge in [0.25, 0.3) is 0 Å². The predicted molar refractivity (Wildman–Crippen MR) is 132 cm³/mol. The SMILES string of the molecule is CC1=C(C(=O)O[C@@H]2C[C@H]3CC[C@@]2(C)C3(C)C)[C@H](c2ccccc2)C2=C(N1)c1ccccc1C2=O. The molecule has 2 fully saturated rings. The van der Waals surface area contributed by atoms with Crippen molar-refractivity contribution >= 4 is 17.4 Å². The van der Waals surface area contributed by atoms with Crippen LogP contribution in [0.15, 0.2) is 71.4 Å². The minimum Gasteiger partial charge on any atom is -0.458 e. The third kappa shape index (κ3) is 2.71. The van der Waals surface area contributed by atoms with E-state index < -0.39 is 5.92 Å². The topological polar surface area (TPSA) is 55.4 Å². The van der Waals surface area contributed by atoms with Gasteiger partial charge in [-0.2, -0.15) is 0 Å². The van der Waals surface area contributed by atoms with E-state index >= 15 is 0 Å². The molecule has 0 saturated heterocycles. The van der Waals surface area contributed by atoms with Crippen molar-refractivity contribution < 1.29 is 14.3 Å². The summed E-state index contributed by atoms with van der Waals surface area (Å²) in [5.74, 6) is -0.189. The molecule has 0 spiro atoms. The molecule has 0 radical (unpaired) electrons. The van der Waals surface area contributed by atoms with Gasteiger partial charge in [0.2, 0.25) is 0 Å². The van der Waals surface area contributed by atoms with Crippen LogP contribution in [0.3, 0.4) is 0 Å². The van der Waals surface area contributed by atoms with Gasteiger partial charge in [0.15, 0.2) is 5.78 Å². The highest BCUT2D eigenvalue weighted by atomic mass is 16.5. The molecule has 34 heavy (non-hydrogen) atoms. The van der Waals surface area contributed by atoms with Gasteiger partial charge in [-0.3, -0.25) is 4.79 Å². The van der Waals surface area contributed by atoms with E-state index in [2.05, 4.69) is 26.1 Å². The van der Waals surface area contributed by atoms with Crippen LogP contribution < -0.4 is 5.32 Å². The zero-order valence-electron chi connectivity index (χ0n) is 20.3. The van der Waals surface area contributed by atoms with E-state index in [0.29, 0.717) is 22.6 Å². The number of esters is 1. The smallest absolute Gasteiger partial charge is 0.337 e. The molecule has 0 unspecified atom stereocenters. The summed E-state index contributed by atoms with van der Waals surface area (Å²) in [4.78, 5) is 27.5. The molecule has 4 heteroatoms. The van der Waals surface area contributed by atoms with Crippen molar-refractivity contribution in [3.63, 3.8) is 0 Å². The Kier molecular flexibility index (Phi) is 4.52. The average Bonchev–Trinajstić information content (AvgIpc) is 3.31. The zero-order valence-corrected chi connectivity index (χ0v) is 20.3. The molecule has 2 saturated carbocycles. The van der Waals surface area contributed by atoms with Gasteiger partial charge < -0.3 is 10.1 Å². The van der Waals surface area contributed by atoms with Gasteiger partial charge in [-0.05, 0) is 43.1 Å². The number of hydrogen-bond acceptors (Lipinski definition) is 4. The highest BCUT2D eigenvalue weighted by Gasteiger charge is 2.63. The molecule has 0 amide bonds. The number of ether oxygens (including phenoxy) is 1. The second-order valence-electron chi connectivity index (χ2n) is 11.2. The summed E-state index contributed by atoms with van der Waals surface area (Å²) in [7, 11) is 0. The van der Waals surface area contributed by atoms with Gasteiger partial charge in [0, 0.05) is 33.7 Å². The molecule has 6 rings (SSSR count). The van der Waals surface area contributed by atoms with Crippen molar-refractivity contribution in [2.75, 3.05) is 0 Å². The Balaban J connectivity index is 1.41. The van der Waals surface area contributed by atoms with Crippen molar-refractivity contribution in [3.8, 4) is 0 Å². The lowest BCUT2D eigenvalue weighted by atomic mass is 9.70. The van der Waals surface area contributed by atoms with Crippen LogP contribution in [0.5, 0.6) is 0 Å². The second kappa shape index (κ2) is 7.18. The van der Waals surface area contributed by atoms with Crippen LogP contribution in [0, 0.1) is 16.7 Å². The Labute approximate surface area is 201 Å². The van der Waals surface area contributed by atoms with Crippen LogP contribution in [0.1, 0.15) is 74.4 Å². The number of allylic oxidation sites excluding steroid dienone is 2. The third-order valence-electron chi connectivity index (χ3n) is 9.56. The molecule has 1 aliphatic heterocycles. The molecule has 2 aromatic rings. The van der Waals surface area contributed by atoms with E-state index in [4.69, 9.17) is 4.74 Å². The van der Waals surface area contributed by atoms with E-state index in [1.807, 2.05) is 61.5 Å². The van der Waals surface area contributed by atoms with Crippen molar-refractivity contribution in [2.45, 2.75) is 59.0 Å². The third-order valence-corrected chi connectivity index (χ3v) is 9.56. The van der Waals surface area contributed by atoms with Crippen molar-refractivity contribution in [1.82, 2.24) is 5.32 Å². The fourth-order valence-corrected chi connectivity index (χ4v) is 7.08. The largest absolute Gasteiger partial charge is 0.458 e. The number of carbonyl (C=O) groups is 2. The molecule has 174 valence electrons. The minimum absolute atomic E-state index is 0.0160. The van der Waals surface area contributed by atoms with Gasteiger partial charge >= 0.3 is 5.97 Å². The molecule has 3 aliphatic carbocycles. The summed E-state index contributed by atoms with van der Waals surface area (Å²) in [6.07, 6.45) is 3.11. The Morgan fingerprint density at radius 3 is 2.32 bits per heavy atom. The lowest BCUT2D eigenvalue weighted by Gasteiger charge is -2.39. The summed E-state index contributed by atoms with van der Waals surface area (Å²) in [5, 5.41) is 3.42. The van der Waals surface area contributed by atoms with Crippen LogP contribution in [-0.2, 0) is 9.53 Å². The van der Waals surface area contributed by atoms with Gasteiger partial charge in [0.05, 0.1) is 11.3 Å².